The molecule has 0 aromatic heterocycles. The van der Waals surface area contributed by atoms with Crippen molar-refractivity contribution in [2.75, 3.05) is 13.7 Å². The Labute approximate surface area is 102 Å². The van der Waals surface area contributed by atoms with Crippen LogP contribution in [0.5, 0.6) is 5.75 Å². The Hall–Kier alpha value is -1.55. The van der Waals surface area contributed by atoms with Gasteiger partial charge in [-0.15, -0.1) is 0 Å². The molecule has 94 valence electrons. The number of hydrogen-bond donors (Lipinski definition) is 2. The molecule has 0 saturated heterocycles. The zero-order valence-electron chi connectivity index (χ0n) is 10.3. The topological polar surface area (TPSA) is 58.6 Å². The first kappa shape index (κ1) is 13.5. The summed E-state index contributed by atoms with van der Waals surface area (Å²) in [6.45, 7) is 1.72. The molecular weight excluding hydrogens is 218 g/mol. The number of methoxy groups -OCH3 is 1. The van der Waals surface area contributed by atoms with E-state index in [1.165, 1.54) is 0 Å². The van der Waals surface area contributed by atoms with Crippen molar-refractivity contribution < 1.29 is 14.6 Å². The van der Waals surface area contributed by atoms with Gasteiger partial charge in [0.2, 0.25) is 5.91 Å². The molecule has 0 bridgehead atoms. The molecule has 0 saturated carbocycles. The van der Waals surface area contributed by atoms with Gasteiger partial charge in [-0.3, -0.25) is 4.79 Å². The number of aliphatic hydroxyl groups excluding tert-OH is 1. The van der Waals surface area contributed by atoms with Crippen molar-refractivity contribution in [3.05, 3.63) is 29.8 Å². The maximum atomic E-state index is 11.5. The number of ether oxygens (including phenoxy) is 1. The van der Waals surface area contributed by atoms with E-state index in [0.717, 1.165) is 11.3 Å². The summed E-state index contributed by atoms with van der Waals surface area (Å²) in [5.74, 6) is 0.743. The molecular formula is C13H19NO3. The smallest absolute Gasteiger partial charge is 0.220 e. The van der Waals surface area contributed by atoms with Crippen LogP contribution in [0.25, 0.3) is 0 Å². The number of rotatable bonds is 6. The fraction of sp³-hybridized carbons (Fsp3) is 0.462. The van der Waals surface area contributed by atoms with Gasteiger partial charge in [-0.25, -0.2) is 0 Å². The molecule has 0 fully saturated rings. The first-order valence-corrected chi connectivity index (χ1v) is 5.69. The minimum absolute atomic E-state index is 0.0413. The van der Waals surface area contributed by atoms with Crippen LogP contribution in [-0.2, 0) is 11.2 Å². The number of aliphatic hydroxyl groups is 1. The average molecular weight is 237 g/mol. The monoisotopic (exact) mass is 237 g/mol. The molecule has 1 aromatic carbocycles. The van der Waals surface area contributed by atoms with Crippen molar-refractivity contribution in [3.8, 4) is 5.75 Å². The standard InChI is InChI=1S/C13H19NO3/c1-10(9-15)14-13(16)8-7-11-5-3-4-6-12(11)17-2/h3-6,10,15H,7-9H2,1-2H3,(H,14,16)/t10-/m0/s1. The van der Waals surface area contributed by atoms with E-state index < -0.39 is 0 Å². The Balaban J connectivity index is 2.47. The molecule has 1 amide bonds. The molecule has 1 atom stereocenters. The molecule has 0 radical (unpaired) electrons. The summed E-state index contributed by atoms with van der Waals surface area (Å²) in [6, 6.07) is 7.45. The highest BCUT2D eigenvalue weighted by atomic mass is 16.5. The van der Waals surface area contributed by atoms with Gasteiger partial charge in [0.05, 0.1) is 13.7 Å². The van der Waals surface area contributed by atoms with Crippen molar-refractivity contribution in [2.45, 2.75) is 25.8 Å². The van der Waals surface area contributed by atoms with Gasteiger partial charge < -0.3 is 15.2 Å². The molecule has 4 nitrogen and oxygen atoms in total. The van der Waals surface area contributed by atoms with E-state index >= 15 is 0 Å². The van der Waals surface area contributed by atoms with Crippen LogP contribution in [0.4, 0.5) is 0 Å². The Kier molecular flexibility index (Phi) is 5.49. The summed E-state index contributed by atoms with van der Waals surface area (Å²) in [5.41, 5.74) is 1.02. The number of hydrogen-bond acceptors (Lipinski definition) is 3. The lowest BCUT2D eigenvalue weighted by atomic mass is 10.1. The van der Waals surface area contributed by atoms with Gasteiger partial charge in [-0.1, -0.05) is 18.2 Å². The van der Waals surface area contributed by atoms with Gasteiger partial charge in [0.25, 0.3) is 0 Å². The van der Waals surface area contributed by atoms with E-state index in [9.17, 15) is 4.79 Å². The molecule has 0 aliphatic rings. The highest BCUT2D eigenvalue weighted by Gasteiger charge is 2.08. The van der Waals surface area contributed by atoms with Gasteiger partial charge in [0.15, 0.2) is 0 Å². The Morgan fingerprint density at radius 2 is 2.18 bits per heavy atom. The van der Waals surface area contributed by atoms with Crippen molar-refractivity contribution in [1.82, 2.24) is 5.32 Å². The van der Waals surface area contributed by atoms with Crippen LogP contribution >= 0.6 is 0 Å². The fourth-order valence-electron chi connectivity index (χ4n) is 1.55. The van der Waals surface area contributed by atoms with Gasteiger partial charge >= 0.3 is 0 Å². The Morgan fingerprint density at radius 3 is 2.82 bits per heavy atom. The SMILES string of the molecule is COc1ccccc1CCC(=O)N[C@@H](C)CO. The summed E-state index contributed by atoms with van der Waals surface area (Å²) >= 11 is 0. The molecule has 0 aliphatic carbocycles. The maximum absolute atomic E-state index is 11.5. The molecule has 0 unspecified atom stereocenters. The minimum atomic E-state index is -0.194. The van der Waals surface area contributed by atoms with Gasteiger partial charge in [0.1, 0.15) is 5.75 Å². The lowest BCUT2D eigenvalue weighted by Gasteiger charge is -2.11. The molecule has 1 aromatic rings. The third-order valence-corrected chi connectivity index (χ3v) is 2.50. The molecule has 0 spiro atoms. The second-order valence-corrected chi connectivity index (χ2v) is 3.96. The number of carbonyl (C=O) groups excluding carboxylic acids is 1. The minimum Gasteiger partial charge on any atom is -0.496 e. The second-order valence-electron chi connectivity index (χ2n) is 3.96. The van der Waals surface area contributed by atoms with E-state index in [2.05, 4.69) is 5.32 Å². The van der Waals surface area contributed by atoms with Crippen molar-refractivity contribution >= 4 is 5.91 Å². The summed E-state index contributed by atoms with van der Waals surface area (Å²) < 4.78 is 5.21. The van der Waals surface area contributed by atoms with Crippen molar-refractivity contribution in [1.29, 1.82) is 0 Å². The fourth-order valence-corrected chi connectivity index (χ4v) is 1.55. The van der Waals surface area contributed by atoms with E-state index in [-0.39, 0.29) is 18.6 Å². The van der Waals surface area contributed by atoms with Crippen molar-refractivity contribution in [3.63, 3.8) is 0 Å². The largest absolute Gasteiger partial charge is 0.496 e. The molecule has 2 N–H and O–H groups in total. The van der Waals surface area contributed by atoms with Gasteiger partial charge in [0, 0.05) is 12.5 Å². The first-order chi connectivity index (χ1) is 8.17. The molecule has 1 rings (SSSR count). The number of carbonyl (C=O) groups is 1. The molecule has 4 heteroatoms. The number of amides is 1. The summed E-state index contributed by atoms with van der Waals surface area (Å²) in [7, 11) is 1.62. The van der Waals surface area contributed by atoms with Crippen LogP contribution in [0, 0.1) is 0 Å². The van der Waals surface area contributed by atoms with Crippen LogP contribution in [0.2, 0.25) is 0 Å². The normalized spacial score (nSPS) is 11.9. The second kappa shape index (κ2) is 6.91. The number of para-hydroxylation sites is 1. The molecule has 0 heterocycles. The number of nitrogens with one attached hydrogen (secondary N) is 1. The highest BCUT2D eigenvalue weighted by Crippen LogP contribution is 2.18. The molecule has 17 heavy (non-hydrogen) atoms. The average Bonchev–Trinajstić information content (AvgIpc) is 2.36. The number of aryl methyl sites for hydroxylation is 1. The predicted octanol–water partition coefficient (Wildman–Crippen LogP) is 1.12. The van der Waals surface area contributed by atoms with Crippen LogP contribution < -0.4 is 10.1 Å². The van der Waals surface area contributed by atoms with E-state index in [1.54, 1.807) is 14.0 Å². The van der Waals surface area contributed by atoms with Gasteiger partial charge in [-0.2, -0.15) is 0 Å². The van der Waals surface area contributed by atoms with Crippen LogP contribution in [-0.4, -0.2) is 30.8 Å². The Bertz CT molecular complexity index is 365. The lowest BCUT2D eigenvalue weighted by molar-refractivity contribution is -0.121. The van der Waals surface area contributed by atoms with E-state index in [0.29, 0.717) is 12.8 Å². The third kappa shape index (κ3) is 4.44. The Morgan fingerprint density at radius 1 is 1.47 bits per heavy atom. The predicted molar refractivity (Wildman–Crippen MR) is 66.0 cm³/mol. The zero-order valence-corrected chi connectivity index (χ0v) is 10.3. The highest BCUT2D eigenvalue weighted by molar-refractivity contribution is 5.76. The quantitative estimate of drug-likeness (QED) is 0.779. The number of benzene rings is 1. The lowest BCUT2D eigenvalue weighted by Crippen LogP contribution is -2.35. The zero-order chi connectivity index (χ0) is 12.7. The van der Waals surface area contributed by atoms with Crippen LogP contribution in [0.15, 0.2) is 24.3 Å². The van der Waals surface area contributed by atoms with Crippen LogP contribution in [0.1, 0.15) is 18.9 Å². The maximum Gasteiger partial charge on any atom is 0.220 e. The van der Waals surface area contributed by atoms with Crippen molar-refractivity contribution in [2.24, 2.45) is 0 Å². The summed E-state index contributed by atoms with van der Waals surface area (Å²) in [4.78, 5) is 11.5. The summed E-state index contributed by atoms with van der Waals surface area (Å²) in [6.07, 6.45) is 1.03. The van der Waals surface area contributed by atoms with Crippen LogP contribution in [0.3, 0.4) is 0 Å². The van der Waals surface area contributed by atoms with E-state index in [4.69, 9.17) is 9.84 Å². The van der Waals surface area contributed by atoms with Gasteiger partial charge in [-0.05, 0) is 25.0 Å². The summed E-state index contributed by atoms with van der Waals surface area (Å²) in [5, 5.41) is 11.5. The first-order valence-electron chi connectivity index (χ1n) is 5.69. The third-order valence-electron chi connectivity index (χ3n) is 2.50. The molecule has 0 aliphatic heterocycles. The van der Waals surface area contributed by atoms with E-state index in [1.807, 2.05) is 24.3 Å².